The lowest BCUT2D eigenvalue weighted by Gasteiger charge is -2.28. The number of hydrogen-bond acceptors (Lipinski definition) is 2. The van der Waals surface area contributed by atoms with Crippen molar-refractivity contribution in [1.29, 1.82) is 0 Å². The fourth-order valence-electron chi connectivity index (χ4n) is 2.27. The summed E-state index contributed by atoms with van der Waals surface area (Å²) in [5, 5.41) is 3.60. The molecular weight excluding hydrogens is 198 g/mol. The SMILES string of the molecule is CCOc1cccc(C2CCC(C)CN2)c1. The van der Waals surface area contributed by atoms with Crippen molar-refractivity contribution in [2.45, 2.75) is 32.7 Å². The molecular formula is C14H21NO. The fourth-order valence-corrected chi connectivity index (χ4v) is 2.27. The van der Waals surface area contributed by atoms with Gasteiger partial charge in [-0.1, -0.05) is 19.1 Å². The Kier molecular flexibility index (Phi) is 3.83. The molecule has 0 aromatic heterocycles. The van der Waals surface area contributed by atoms with Crippen LogP contribution in [-0.4, -0.2) is 13.2 Å². The highest BCUT2D eigenvalue weighted by molar-refractivity contribution is 5.30. The van der Waals surface area contributed by atoms with Crippen molar-refractivity contribution < 1.29 is 4.74 Å². The maximum absolute atomic E-state index is 5.53. The number of benzene rings is 1. The second-order valence-electron chi connectivity index (χ2n) is 4.65. The van der Waals surface area contributed by atoms with Gasteiger partial charge in [0.1, 0.15) is 5.75 Å². The van der Waals surface area contributed by atoms with Crippen molar-refractivity contribution in [3.05, 3.63) is 29.8 Å². The van der Waals surface area contributed by atoms with E-state index in [0.717, 1.165) is 24.8 Å². The number of hydrogen-bond donors (Lipinski definition) is 1. The van der Waals surface area contributed by atoms with Crippen LogP contribution in [0.4, 0.5) is 0 Å². The van der Waals surface area contributed by atoms with E-state index in [-0.39, 0.29) is 0 Å². The minimum absolute atomic E-state index is 0.511. The smallest absolute Gasteiger partial charge is 0.119 e. The lowest BCUT2D eigenvalue weighted by molar-refractivity contribution is 0.326. The average molecular weight is 219 g/mol. The van der Waals surface area contributed by atoms with Crippen LogP contribution >= 0.6 is 0 Å². The van der Waals surface area contributed by atoms with E-state index >= 15 is 0 Å². The molecule has 16 heavy (non-hydrogen) atoms. The van der Waals surface area contributed by atoms with Gasteiger partial charge < -0.3 is 10.1 Å². The highest BCUT2D eigenvalue weighted by Gasteiger charge is 2.18. The average Bonchev–Trinajstić information content (AvgIpc) is 2.31. The zero-order chi connectivity index (χ0) is 11.4. The Morgan fingerprint density at radius 2 is 2.25 bits per heavy atom. The Hall–Kier alpha value is -1.02. The number of ether oxygens (including phenoxy) is 1. The Morgan fingerprint density at radius 3 is 2.94 bits per heavy atom. The minimum atomic E-state index is 0.511. The van der Waals surface area contributed by atoms with Crippen LogP contribution in [0.1, 0.15) is 38.3 Å². The first-order valence-electron chi connectivity index (χ1n) is 6.25. The Bertz CT molecular complexity index is 329. The lowest BCUT2D eigenvalue weighted by atomic mass is 9.92. The normalized spacial score (nSPS) is 25.4. The van der Waals surface area contributed by atoms with Crippen LogP contribution in [-0.2, 0) is 0 Å². The summed E-state index contributed by atoms with van der Waals surface area (Å²) >= 11 is 0. The van der Waals surface area contributed by atoms with Gasteiger partial charge in [-0.3, -0.25) is 0 Å². The first-order valence-corrected chi connectivity index (χ1v) is 6.25. The molecule has 0 radical (unpaired) electrons. The summed E-state index contributed by atoms with van der Waals surface area (Å²) in [4.78, 5) is 0. The number of rotatable bonds is 3. The Balaban J connectivity index is 2.05. The van der Waals surface area contributed by atoms with Crippen LogP contribution in [0.15, 0.2) is 24.3 Å². The predicted molar refractivity (Wildman–Crippen MR) is 66.8 cm³/mol. The molecule has 0 aliphatic carbocycles. The summed E-state index contributed by atoms with van der Waals surface area (Å²) in [7, 11) is 0. The van der Waals surface area contributed by atoms with Gasteiger partial charge in [-0.2, -0.15) is 0 Å². The van der Waals surface area contributed by atoms with Gasteiger partial charge in [-0.25, -0.2) is 0 Å². The molecule has 1 fully saturated rings. The van der Waals surface area contributed by atoms with E-state index in [9.17, 15) is 0 Å². The molecule has 2 rings (SSSR count). The van der Waals surface area contributed by atoms with Crippen molar-refractivity contribution in [1.82, 2.24) is 5.32 Å². The molecule has 2 nitrogen and oxygen atoms in total. The third kappa shape index (κ3) is 2.76. The van der Waals surface area contributed by atoms with E-state index in [1.807, 2.05) is 13.0 Å². The first kappa shape index (κ1) is 11.5. The largest absolute Gasteiger partial charge is 0.494 e. The van der Waals surface area contributed by atoms with E-state index in [0.29, 0.717) is 6.04 Å². The molecule has 1 aromatic carbocycles. The molecule has 1 saturated heterocycles. The molecule has 0 amide bonds. The summed E-state index contributed by atoms with van der Waals surface area (Å²) < 4.78 is 5.53. The van der Waals surface area contributed by atoms with Crippen LogP contribution < -0.4 is 10.1 Å². The molecule has 2 atom stereocenters. The zero-order valence-corrected chi connectivity index (χ0v) is 10.2. The van der Waals surface area contributed by atoms with Crippen molar-refractivity contribution in [2.24, 2.45) is 5.92 Å². The summed E-state index contributed by atoms with van der Waals surface area (Å²) in [6.45, 7) is 6.19. The van der Waals surface area contributed by atoms with E-state index in [2.05, 4.69) is 30.4 Å². The monoisotopic (exact) mass is 219 g/mol. The second kappa shape index (κ2) is 5.35. The maximum Gasteiger partial charge on any atom is 0.119 e. The van der Waals surface area contributed by atoms with Crippen molar-refractivity contribution in [2.75, 3.05) is 13.2 Å². The van der Waals surface area contributed by atoms with E-state index in [4.69, 9.17) is 4.74 Å². The molecule has 1 heterocycles. The predicted octanol–water partition coefficient (Wildman–Crippen LogP) is 3.15. The number of piperidine rings is 1. The molecule has 1 aliphatic heterocycles. The van der Waals surface area contributed by atoms with Crippen molar-refractivity contribution in [3.8, 4) is 5.75 Å². The van der Waals surface area contributed by atoms with Crippen LogP contribution in [0.3, 0.4) is 0 Å². The molecule has 1 aromatic rings. The van der Waals surface area contributed by atoms with Gasteiger partial charge in [0.15, 0.2) is 0 Å². The van der Waals surface area contributed by atoms with Gasteiger partial charge in [-0.05, 0) is 49.9 Å². The Labute approximate surface area is 98.0 Å². The van der Waals surface area contributed by atoms with Crippen LogP contribution in [0, 0.1) is 5.92 Å². The third-order valence-electron chi connectivity index (χ3n) is 3.23. The maximum atomic E-state index is 5.53. The highest BCUT2D eigenvalue weighted by Crippen LogP contribution is 2.27. The third-order valence-corrected chi connectivity index (χ3v) is 3.23. The second-order valence-corrected chi connectivity index (χ2v) is 4.65. The highest BCUT2D eigenvalue weighted by atomic mass is 16.5. The van der Waals surface area contributed by atoms with Crippen LogP contribution in [0.25, 0.3) is 0 Å². The van der Waals surface area contributed by atoms with Gasteiger partial charge in [0, 0.05) is 6.04 Å². The summed E-state index contributed by atoms with van der Waals surface area (Å²) in [5.41, 5.74) is 1.36. The molecule has 0 saturated carbocycles. The fraction of sp³-hybridized carbons (Fsp3) is 0.571. The molecule has 2 unspecified atom stereocenters. The number of nitrogens with one attached hydrogen (secondary N) is 1. The van der Waals surface area contributed by atoms with Gasteiger partial charge in [0.05, 0.1) is 6.61 Å². The molecule has 2 heteroatoms. The Morgan fingerprint density at radius 1 is 1.38 bits per heavy atom. The van der Waals surface area contributed by atoms with Gasteiger partial charge >= 0.3 is 0 Å². The lowest BCUT2D eigenvalue weighted by Crippen LogP contribution is -2.31. The van der Waals surface area contributed by atoms with Gasteiger partial charge in [-0.15, -0.1) is 0 Å². The topological polar surface area (TPSA) is 21.3 Å². The quantitative estimate of drug-likeness (QED) is 0.843. The van der Waals surface area contributed by atoms with Gasteiger partial charge in [0.25, 0.3) is 0 Å². The standard InChI is InChI=1S/C14H21NO/c1-3-16-13-6-4-5-12(9-13)14-8-7-11(2)10-15-14/h4-6,9,11,14-15H,3,7-8,10H2,1-2H3. The minimum Gasteiger partial charge on any atom is -0.494 e. The molecule has 88 valence electrons. The van der Waals surface area contributed by atoms with E-state index in [1.165, 1.54) is 18.4 Å². The molecule has 1 aliphatic rings. The molecule has 0 bridgehead atoms. The van der Waals surface area contributed by atoms with E-state index in [1.54, 1.807) is 0 Å². The zero-order valence-electron chi connectivity index (χ0n) is 10.2. The molecule has 1 N–H and O–H groups in total. The summed E-state index contributed by atoms with van der Waals surface area (Å²) in [5.74, 6) is 1.80. The van der Waals surface area contributed by atoms with Gasteiger partial charge in [0.2, 0.25) is 0 Å². The first-order chi connectivity index (χ1) is 7.79. The van der Waals surface area contributed by atoms with Crippen molar-refractivity contribution >= 4 is 0 Å². The van der Waals surface area contributed by atoms with Crippen LogP contribution in [0.5, 0.6) is 5.75 Å². The summed E-state index contributed by atoms with van der Waals surface area (Å²) in [6.07, 6.45) is 2.55. The molecule has 0 spiro atoms. The van der Waals surface area contributed by atoms with E-state index < -0.39 is 0 Å². The van der Waals surface area contributed by atoms with Crippen molar-refractivity contribution in [3.63, 3.8) is 0 Å². The summed E-state index contributed by atoms with van der Waals surface area (Å²) in [6, 6.07) is 8.97. The van der Waals surface area contributed by atoms with Crippen LogP contribution in [0.2, 0.25) is 0 Å².